The molecule has 1 rings (SSSR count). The van der Waals surface area contributed by atoms with E-state index in [9.17, 15) is 9.59 Å². The molecule has 1 aliphatic rings. The molecular formula is C10H18N2O2. The number of hydrogen-bond acceptors (Lipinski definition) is 3. The maximum atomic E-state index is 11.6. The minimum absolute atomic E-state index is 0.00295. The molecular weight excluding hydrogens is 180 g/mol. The first-order chi connectivity index (χ1) is 6.61. The van der Waals surface area contributed by atoms with E-state index in [1.54, 1.807) is 0 Å². The molecule has 0 aliphatic carbocycles. The third-order valence-corrected chi connectivity index (χ3v) is 2.58. The van der Waals surface area contributed by atoms with E-state index in [1.165, 1.54) is 6.92 Å². The number of likely N-dealkylation sites (tertiary alicyclic amines) is 1. The van der Waals surface area contributed by atoms with E-state index in [4.69, 9.17) is 0 Å². The molecule has 0 radical (unpaired) electrons. The number of nitrogens with one attached hydrogen (secondary N) is 1. The van der Waals surface area contributed by atoms with E-state index in [0.717, 1.165) is 25.8 Å². The summed E-state index contributed by atoms with van der Waals surface area (Å²) in [5.41, 5.74) is 0. The van der Waals surface area contributed by atoms with Gasteiger partial charge in [0.25, 0.3) is 0 Å². The highest BCUT2D eigenvalue weighted by Crippen LogP contribution is 2.14. The van der Waals surface area contributed by atoms with Crippen LogP contribution in [0.15, 0.2) is 0 Å². The average Bonchev–Trinajstić information content (AvgIpc) is 2.15. The molecule has 1 heterocycles. The van der Waals surface area contributed by atoms with Crippen LogP contribution in [0.1, 0.15) is 26.2 Å². The number of amides is 1. The summed E-state index contributed by atoms with van der Waals surface area (Å²) in [4.78, 5) is 24.3. The zero-order valence-electron chi connectivity index (χ0n) is 8.88. The first-order valence-electron chi connectivity index (χ1n) is 5.08. The first kappa shape index (κ1) is 11.2. The molecule has 0 bridgehead atoms. The highest BCUT2D eigenvalue weighted by atomic mass is 16.2. The molecule has 1 aliphatic heterocycles. The molecule has 4 nitrogen and oxygen atoms in total. The van der Waals surface area contributed by atoms with Crippen molar-refractivity contribution in [1.82, 2.24) is 10.2 Å². The Labute approximate surface area is 84.7 Å². The van der Waals surface area contributed by atoms with Crippen LogP contribution in [0.3, 0.4) is 0 Å². The fraction of sp³-hybridized carbons (Fsp3) is 0.800. The Balaban J connectivity index is 2.38. The van der Waals surface area contributed by atoms with Crippen LogP contribution in [0.4, 0.5) is 0 Å². The normalized spacial score (nSPS) is 23.1. The topological polar surface area (TPSA) is 49.4 Å². The van der Waals surface area contributed by atoms with Crippen LogP contribution in [0.25, 0.3) is 0 Å². The Bertz CT molecular complexity index is 228. The van der Waals surface area contributed by atoms with E-state index in [0.29, 0.717) is 0 Å². The van der Waals surface area contributed by atoms with Crippen LogP contribution in [0, 0.1) is 0 Å². The predicted molar refractivity (Wildman–Crippen MR) is 54.0 cm³/mol. The first-order valence-corrected chi connectivity index (χ1v) is 5.08. The minimum Gasteiger partial charge on any atom is -0.348 e. The van der Waals surface area contributed by atoms with Crippen molar-refractivity contribution < 1.29 is 9.59 Å². The van der Waals surface area contributed by atoms with Gasteiger partial charge in [0.1, 0.15) is 5.78 Å². The largest absolute Gasteiger partial charge is 0.348 e. The standard InChI is InChI=1S/C10H18N2O2/c1-8(13)7-11-10(14)9-5-3-4-6-12(9)2/h9H,3-7H2,1-2H3,(H,11,14). The van der Waals surface area contributed by atoms with E-state index < -0.39 is 0 Å². The summed E-state index contributed by atoms with van der Waals surface area (Å²) in [5, 5.41) is 2.65. The van der Waals surface area contributed by atoms with Gasteiger partial charge in [0.05, 0.1) is 12.6 Å². The van der Waals surface area contributed by atoms with Crippen molar-refractivity contribution in [2.75, 3.05) is 20.1 Å². The van der Waals surface area contributed by atoms with Gasteiger partial charge in [-0.3, -0.25) is 14.5 Å². The van der Waals surface area contributed by atoms with Gasteiger partial charge in [-0.1, -0.05) is 6.42 Å². The number of nitrogens with zero attached hydrogens (tertiary/aromatic N) is 1. The van der Waals surface area contributed by atoms with Crippen molar-refractivity contribution in [3.05, 3.63) is 0 Å². The zero-order valence-corrected chi connectivity index (χ0v) is 8.88. The summed E-state index contributed by atoms with van der Waals surface area (Å²) in [6.07, 6.45) is 3.16. The summed E-state index contributed by atoms with van der Waals surface area (Å²) in [6.45, 7) is 2.60. The zero-order chi connectivity index (χ0) is 10.6. The van der Waals surface area contributed by atoms with Gasteiger partial charge in [0, 0.05) is 0 Å². The molecule has 4 heteroatoms. The fourth-order valence-corrected chi connectivity index (χ4v) is 1.74. The van der Waals surface area contributed by atoms with Crippen molar-refractivity contribution in [2.45, 2.75) is 32.2 Å². The number of ketones is 1. The molecule has 0 aromatic heterocycles. The van der Waals surface area contributed by atoms with Gasteiger partial charge in [-0.05, 0) is 33.4 Å². The van der Waals surface area contributed by atoms with Crippen molar-refractivity contribution in [2.24, 2.45) is 0 Å². The van der Waals surface area contributed by atoms with E-state index >= 15 is 0 Å². The molecule has 1 unspecified atom stereocenters. The SMILES string of the molecule is CC(=O)CNC(=O)C1CCCCN1C. The number of piperidine rings is 1. The Hall–Kier alpha value is -0.900. The monoisotopic (exact) mass is 198 g/mol. The fourth-order valence-electron chi connectivity index (χ4n) is 1.74. The van der Waals surface area contributed by atoms with Crippen molar-refractivity contribution in [3.8, 4) is 0 Å². The van der Waals surface area contributed by atoms with Gasteiger partial charge < -0.3 is 5.32 Å². The molecule has 1 amide bonds. The molecule has 1 N–H and O–H groups in total. The van der Waals surface area contributed by atoms with Crippen molar-refractivity contribution in [1.29, 1.82) is 0 Å². The van der Waals surface area contributed by atoms with E-state index in [-0.39, 0.29) is 24.3 Å². The summed E-state index contributed by atoms with van der Waals surface area (Å²) in [5.74, 6) is -0.0146. The van der Waals surface area contributed by atoms with Crippen LogP contribution in [0.2, 0.25) is 0 Å². The quantitative estimate of drug-likeness (QED) is 0.703. The van der Waals surface area contributed by atoms with Crippen molar-refractivity contribution in [3.63, 3.8) is 0 Å². The van der Waals surface area contributed by atoms with Crippen LogP contribution in [-0.4, -0.2) is 42.8 Å². The summed E-state index contributed by atoms with van der Waals surface area (Å²) >= 11 is 0. The van der Waals surface area contributed by atoms with Crippen LogP contribution in [-0.2, 0) is 9.59 Å². The molecule has 14 heavy (non-hydrogen) atoms. The number of Topliss-reactive ketones (excluding diaryl/α,β-unsaturated/α-hetero) is 1. The Morgan fingerprint density at radius 3 is 2.71 bits per heavy atom. The van der Waals surface area contributed by atoms with Gasteiger partial charge in [-0.15, -0.1) is 0 Å². The number of rotatable bonds is 3. The highest BCUT2D eigenvalue weighted by molar-refractivity contribution is 5.87. The molecule has 0 aromatic carbocycles. The van der Waals surface area contributed by atoms with Crippen molar-refractivity contribution >= 4 is 11.7 Å². The molecule has 1 fully saturated rings. The number of carbonyl (C=O) groups excluding carboxylic acids is 2. The second kappa shape index (κ2) is 5.10. The smallest absolute Gasteiger partial charge is 0.237 e. The Morgan fingerprint density at radius 1 is 1.43 bits per heavy atom. The minimum atomic E-state index is -0.0388. The number of hydrogen-bond donors (Lipinski definition) is 1. The lowest BCUT2D eigenvalue weighted by Crippen LogP contribution is -2.48. The molecule has 1 atom stereocenters. The lowest BCUT2D eigenvalue weighted by Gasteiger charge is -2.31. The number of likely N-dealkylation sites (N-methyl/N-ethyl adjacent to an activating group) is 1. The van der Waals surface area contributed by atoms with Gasteiger partial charge in [0.2, 0.25) is 5.91 Å². The third-order valence-electron chi connectivity index (χ3n) is 2.58. The molecule has 0 saturated carbocycles. The maximum Gasteiger partial charge on any atom is 0.237 e. The molecule has 80 valence electrons. The van der Waals surface area contributed by atoms with E-state index in [1.807, 2.05) is 7.05 Å². The van der Waals surface area contributed by atoms with Crippen LogP contribution >= 0.6 is 0 Å². The summed E-state index contributed by atoms with van der Waals surface area (Å²) in [7, 11) is 1.96. The van der Waals surface area contributed by atoms with Crippen LogP contribution < -0.4 is 5.32 Å². The Kier molecular flexibility index (Phi) is 4.07. The maximum absolute atomic E-state index is 11.6. The van der Waals surface area contributed by atoms with E-state index in [2.05, 4.69) is 10.2 Å². The average molecular weight is 198 g/mol. The second-order valence-corrected chi connectivity index (χ2v) is 3.91. The Morgan fingerprint density at radius 2 is 2.14 bits per heavy atom. The van der Waals surface area contributed by atoms with Gasteiger partial charge in [0.15, 0.2) is 0 Å². The molecule has 0 spiro atoms. The lowest BCUT2D eigenvalue weighted by atomic mass is 10.0. The molecule has 1 saturated heterocycles. The summed E-state index contributed by atoms with van der Waals surface area (Å²) in [6, 6.07) is -0.0388. The van der Waals surface area contributed by atoms with Crippen LogP contribution in [0.5, 0.6) is 0 Å². The second-order valence-electron chi connectivity index (χ2n) is 3.91. The summed E-state index contributed by atoms with van der Waals surface area (Å²) < 4.78 is 0. The lowest BCUT2D eigenvalue weighted by molar-refractivity contribution is -0.129. The van der Waals surface area contributed by atoms with Gasteiger partial charge in [-0.2, -0.15) is 0 Å². The van der Waals surface area contributed by atoms with Gasteiger partial charge >= 0.3 is 0 Å². The number of carbonyl (C=O) groups is 2. The van der Waals surface area contributed by atoms with Gasteiger partial charge in [-0.25, -0.2) is 0 Å². The third kappa shape index (κ3) is 3.10. The predicted octanol–water partition coefficient (Wildman–Crippen LogP) is 0.176. The highest BCUT2D eigenvalue weighted by Gasteiger charge is 2.25. The molecule has 0 aromatic rings.